The van der Waals surface area contributed by atoms with Crippen molar-refractivity contribution in [2.75, 3.05) is 0 Å². The molecule has 0 aliphatic heterocycles. The molecular weight excluding hydrogens is 255 g/mol. The molecule has 0 fully saturated rings. The zero-order chi connectivity index (χ0) is 13.3. The molecule has 1 aromatic carbocycles. The number of nitrogens with zero attached hydrogens (tertiary/aromatic N) is 2. The quantitative estimate of drug-likeness (QED) is 0.900. The Morgan fingerprint density at radius 3 is 2.39 bits per heavy atom. The molecule has 0 amide bonds. The molecule has 0 aliphatic rings. The van der Waals surface area contributed by atoms with Crippen LogP contribution >= 0.6 is 11.6 Å². The molecule has 1 aromatic heterocycles. The molecule has 0 aliphatic carbocycles. The predicted molar refractivity (Wildman–Crippen MR) is 68.2 cm³/mol. The van der Waals surface area contributed by atoms with Gasteiger partial charge in [0.2, 0.25) is 0 Å². The molecule has 1 heterocycles. The number of rotatable bonds is 2. The van der Waals surface area contributed by atoms with Crippen molar-refractivity contribution < 1.29 is 9.50 Å². The molecule has 18 heavy (non-hydrogen) atoms. The highest BCUT2D eigenvalue weighted by Gasteiger charge is 2.12. The van der Waals surface area contributed by atoms with Crippen LogP contribution in [0.15, 0.2) is 24.5 Å². The molecule has 5 heteroatoms. The Kier molecular flexibility index (Phi) is 3.48. The lowest BCUT2D eigenvalue weighted by molar-refractivity contribution is 0.469. The second-order valence-corrected chi connectivity index (χ2v) is 4.69. The smallest absolute Gasteiger partial charge is 0.162 e. The van der Waals surface area contributed by atoms with Gasteiger partial charge >= 0.3 is 0 Å². The van der Waals surface area contributed by atoms with Crippen molar-refractivity contribution >= 4 is 11.6 Å². The first-order valence-corrected chi connectivity index (χ1v) is 5.87. The van der Waals surface area contributed by atoms with Crippen LogP contribution in [0.25, 0.3) is 11.4 Å². The van der Waals surface area contributed by atoms with Gasteiger partial charge < -0.3 is 5.11 Å². The summed E-state index contributed by atoms with van der Waals surface area (Å²) in [6.45, 7) is 4.05. The summed E-state index contributed by atoms with van der Waals surface area (Å²) in [6, 6.07) is 2.27. The number of aromatic nitrogens is 2. The van der Waals surface area contributed by atoms with Gasteiger partial charge in [0.05, 0.1) is 10.6 Å². The second-order valence-electron chi connectivity index (χ2n) is 4.28. The van der Waals surface area contributed by atoms with Crippen LogP contribution in [0.2, 0.25) is 5.02 Å². The number of phenolic OH excluding ortho intramolecular Hbond substituents is 1. The summed E-state index contributed by atoms with van der Waals surface area (Å²) in [6.07, 6.45) is 3.32. The molecule has 0 saturated heterocycles. The topological polar surface area (TPSA) is 46.0 Å². The molecule has 0 saturated carbocycles. The SMILES string of the molecule is CC(C)c1cnc(-c2cc(Cl)c(O)cc2F)nc1. The maximum absolute atomic E-state index is 13.7. The highest BCUT2D eigenvalue weighted by molar-refractivity contribution is 6.32. The first kappa shape index (κ1) is 12.8. The van der Waals surface area contributed by atoms with Crippen molar-refractivity contribution in [3.8, 4) is 17.1 Å². The Hall–Kier alpha value is -1.68. The zero-order valence-electron chi connectivity index (χ0n) is 9.98. The number of hydrogen-bond donors (Lipinski definition) is 1. The lowest BCUT2D eigenvalue weighted by Crippen LogP contribution is -1.96. The van der Waals surface area contributed by atoms with Gasteiger partial charge in [-0.25, -0.2) is 14.4 Å². The summed E-state index contributed by atoms with van der Waals surface area (Å²) in [5.74, 6) is -0.336. The van der Waals surface area contributed by atoms with Crippen LogP contribution in [0.1, 0.15) is 25.3 Å². The van der Waals surface area contributed by atoms with Crippen LogP contribution in [0.5, 0.6) is 5.75 Å². The van der Waals surface area contributed by atoms with Gasteiger partial charge in [-0.15, -0.1) is 0 Å². The number of hydrogen-bond acceptors (Lipinski definition) is 3. The van der Waals surface area contributed by atoms with Crippen molar-refractivity contribution in [3.63, 3.8) is 0 Å². The Balaban J connectivity index is 2.46. The van der Waals surface area contributed by atoms with E-state index in [1.165, 1.54) is 6.07 Å². The van der Waals surface area contributed by atoms with Gasteiger partial charge in [-0.2, -0.15) is 0 Å². The van der Waals surface area contributed by atoms with Gasteiger partial charge in [-0.1, -0.05) is 25.4 Å². The van der Waals surface area contributed by atoms with E-state index in [0.29, 0.717) is 5.92 Å². The molecular formula is C13H12ClFN2O. The van der Waals surface area contributed by atoms with Gasteiger partial charge in [-0.05, 0) is 17.5 Å². The van der Waals surface area contributed by atoms with Crippen LogP contribution in [0, 0.1) is 5.82 Å². The monoisotopic (exact) mass is 266 g/mol. The highest BCUT2D eigenvalue weighted by atomic mass is 35.5. The van der Waals surface area contributed by atoms with Crippen LogP contribution < -0.4 is 0 Å². The minimum atomic E-state index is -0.603. The molecule has 1 N–H and O–H groups in total. The largest absolute Gasteiger partial charge is 0.506 e. The van der Waals surface area contributed by atoms with Gasteiger partial charge in [0.1, 0.15) is 11.6 Å². The van der Waals surface area contributed by atoms with Gasteiger partial charge in [0, 0.05) is 18.5 Å². The second kappa shape index (κ2) is 4.90. The zero-order valence-corrected chi connectivity index (χ0v) is 10.7. The molecule has 0 radical (unpaired) electrons. The fraction of sp³-hybridized carbons (Fsp3) is 0.231. The van der Waals surface area contributed by atoms with Crippen molar-refractivity contribution in [2.45, 2.75) is 19.8 Å². The normalized spacial score (nSPS) is 10.9. The average Bonchev–Trinajstić information content (AvgIpc) is 2.34. The molecule has 3 nitrogen and oxygen atoms in total. The van der Waals surface area contributed by atoms with Crippen molar-refractivity contribution in [1.82, 2.24) is 9.97 Å². The van der Waals surface area contributed by atoms with Gasteiger partial charge in [-0.3, -0.25) is 0 Å². The van der Waals surface area contributed by atoms with E-state index in [1.807, 2.05) is 13.8 Å². The summed E-state index contributed by atoms with van der Waals surface area (Å²) in [7, 11) is 0. The Bertz CT molecular complexity index is 570. The fourth-order valence-corrected chi connectivity index (χ4v) is 1.65. The molecule has 0 spiro atoms. The van der Waals surface area contributed by atoms with E-state index in [0.717, 1.165) is 11.6 Å². The summed E-state index contributed by atoms with van der Waals surface area (Å²) in [4.78, 5) is 8.22. The minimum Gasteiger partial charge on any atom is -0.506 e. The highest BCUT2D eigenvalue weighted by Crippen LogP contribution is 2.30. The predicted octanol–water partition coefficient (Wildman–Crippen LogP) is 3.77. The molecule has 0 bridgehead atoms. The van der Waals surface area contributed by atoms with Crippen LogP contribution in [-0.2, 0) is 0 Å². The Labute approximate surface area is 109 Å². The summed E-state index contributed by atoms with van der Waals surface area (Å²) >= 11 is 5.75. The number of halogens is 2. The lowest BCUT2D eigenvalue weighted by Gasteiger charge is -2.07. The molecule has 0 atom stereocenters. The standard InChI is InChI=1S/C13H12ClFN2O/c1-7(2)8-5-16-13(17-6-8)9-3-10(14)12(18)4-11(9)15/h3-7,18H,1-2H3. The van der Waals surface area contributed by atoms with E-state index in [1.54, 1.807) is 12.4 Å². The van der Waals surface area contributed by atoms with Crippen molar-refractivity contribution in [1.29, 1.82) is 0 Å². The molecule has 2 aromatic rings. The summed E-state index contributed by atoms with van der Waals surface area (Å²) in [5.41, 5.74) is 1.15. The number of phenols is 1. The van der Waals surface area contributed by atoms with E-state index in [9.17, 15) is 9.50 Å². The third-order valence-electron chi connectivity index (χ3n) is 2.62. The maximum Gasteiger partial charge on any atom is 0.162 e. The first-order valence-electron chi connectivity index (χ1n) is 5.49. The van der Waals surface area contributed by atoms with E-state index >= 15 is 0 Å². The third-order valence-corrected chi connectivity index (χ3v) is 2.92. The van der Waals surface area contributed by atoms with Crippen molar-refractivity contribution in [2.24, 2.45) is 0 Å². The first-order chi connectivity index (χ1) is 8.49. The fourth-order valence-electron chi connectivity index (χ4n) is 1.48. The van der Waals surface area contributed by atoms with E-state index in [-0.39, 0.29) is 22.2 Å². The van der Waals surface area contributed by atoms with E-state index in [4.69, 9.17) is 11.6 Å². The Morgan fingerprint density at radius 2 is 1.83 bits per heavy atom. The van der Waals surface area contributed by atoms with Crippen LogP contribution in [0.3, 0.4) is 0 Å². The summed E-state index contributed by atoms with van der Waals surface area (Å²) in [5, 5.41) is 9.35. The third kappa shape index (κ3) is 2.43. The minimum absolute atomic E-state index is 0.0722. The molecule has 2 rings (SSSR count). The van der Waals surface area contributed by atoms with E-state index < -0.39 is 5.82 Å². The summed E-state index contributed by atoms with van der Waals surface area (Å²) < 4.78 is 13.7. The van der Waals surface area contributed by atoms with E-state index in [2.05, 4.69) is 9.97 Å². The number of aromatic hydroxyl groups is 1. The maximum atomic E-state index is 13.7. The van der Waals surface area contributed by atoms with Crippen LogP contribution in [-0.4, -0.2) is 15.1 Å². The van der Waals surface area contributed by atoms with Crippen LogP contribution in [0.4, 0.5) is 4.39 Å². The average molecular weight is 267 g/mol. The van der Waals surface area contributed by atoms with Crippen molar-refractivity contribution in [3.05, 3.63) is 40.9 Å². The molecule has 0 unspecified atom stereocenters. The lowest BCUT2D eigenvalue weighted by atomic mass is 10.1. The van der Waals surface area contributed by atoms with Gasteiger partial charge in [0.25, 0.3) is 0 Å². The molecule has 94 valence electrons. The Morgan fingerprint density at radius 1 is 1.22 bits per heavy atom. The van der Waals surface area contributed by atoms with Gasteiger partial charge in [0.15, 0.2) is 5.82 Å². The number of benzene rings is 1.